The molecule has 27 heavy (non-hydrogen) atoms. The summed E-state index contributed by atoms with van der Waals surface area (Å²) in [5.41, 5.74) is 3.73. The Morgan fingerprint density at radius 2 is 1.78 bits per heavy atom. The number of nitrogens with one attached hydrogen (secondary N) is 2. The van der Waals surface area contributed by atoms with Crippen molar-refractivity contribution < 1.29 is 13.2 Å². The molecule has 0 saturated carbocycles. The van der Waals surface area contributed by atoms with Crippen LogP contribution < -0.4 is 14.9 Å². The molecule has 1 fully saturated rings. The molecule has 6 nitrogen and oxygen atoms in total. The molecule has 2 aromatic carbocycles. The third kappa shape index (κ3) is 4.10. The van der Waals surface area contributed by atoms with E-state index in [0.29, 0.717) is 37.3 Å². The Morgan fingerprint density at radius 3 is 2.44 bits per heavy atom. The van der Waals surface area contributed by atoms with E-state index >= 15 is 0 Å². The van der Waals surface area contributed by atoms with Crippen molar-refractivity contribution in [1.29, 1.82) is 0 Å². The zero-order valence-electron chi connectivity index (χ0n) is 14.7. The number of nitrogens with zero attached hydrogens (tertiary/aromatic N) is 1. The van der Waals surface area contributed by atoms with Crippen molar-refractivity contribution in [3.63, 3.8) is 0 Å². The summed E-state index contributed by atoms with van der Waals surface area (Å²) in [6, 6.07) is 14.8. The van der Waals surface area contributed by atoms with E-state index in [1.54, 1.807) is 24.3 Å². The number of hydrogen-bond donors (Lipinski definition) is 2. The van der Waals surface area contributed by atoms with Crippen molar-refractivity contribution in [2.75, 3.05) is 21.9 Å². The van der Waals surface area contributed by atoms with Crippen LogP contribution in [-0.2, 0) is 27.8 Å². The van der Waals surface area contributed by atoms with Gasteiger partial charge in [-0.25, -0.2) is 8.42 Å². The van der Waals surface area contributed by atoms with Crippen LogP contribution >= 0.6 is 12.4 Å². The number of rotatable bonds is 3. The molecule has 2 heterocycles. The second-order valence-corrected chi connectivity index (χ2v) is 8.70. The normalized spacial score (nSPS) is 20.4. The molecule has 2 aliphatic rings. The van der Waals surface area contributed by atoms with Crippen molar-refractivity contribution in [3.05, 3.63) is 59.7 Å². The monoisotopic (exact) mass is 407 g/mol. The number of sulfonamides is 1. The van der Waals surface area contributed by atoms with E-state index < -0.39 is 10.0 Å². The number of benzene rings is 2. The van der Waals surface area contributed by atoms with Gasteiger partial charge in [0.1, 0.15) is 0 Å². The summed E-state index contributed by atoms with van der Waals surface area (Å²) < 4.78 is 25.4. The fraction of sp³-hybridized carbons (Fsp3) is 0.316. The Balaban J connectivity index is 0.00000210. The molecule has 8 heteroatoms. The van der Waals surface area contributed by atoms with E-state index in [1.165, 1.54) is 15.4 Å². The molecule has 0 aliphatic carbocycles. The Bertz CT molecular complexity index is 931. The lowest BCUT2D eigenvalue weighted by Gasteiger charge is -2.25. The van der Waals surface area contributed by atoms with Crippen LogP contribution in [0.15, 0.2) is 48.5 Å². The fourth-order valence-corrected chi connectivity index (χ4v) is 5.07. The third-order valence-corrected chi connectivity index (χ3v) is 6.79. The molecule has 1 amide bonds. The molecule has 2 aromatic rings. The van der Waals surface area contributed by atoms with E-state index in [9.17, 15) is 13.2 Å². The number of hydrogen-bond acceptors (Lipinski definition) is 4. The molecule has 1 saturated heterocycles. The lowest BCUT2D eigenvalue weighted by molar-refractivity contribution is -0.118. The standard InChI is InChI=1S/C19H21N3O3S.ClH/c23-19(18-12-14-4-1-2-5-15(14)13-20-18)21-16-6-8-17(9-7-16)22-10-3-11-26(22,24)25;/h1-2,4-9,18,20H,3,10-13H2,(H,21,23);1H. The fourth-order valence-electron chi connectivity index (χ4n) is 3.51. The van der Waals surface area contributed by atoms with Gasteiger partial charge in [0.25, 0.3) is 0 Å². The molecule has 0 bridgehead atoms. The van der Waals surface area contributed by atoms with Crippen LogP contribution in [0.3, 0.4) is 0 Å². The third-order valence-electron chi connectivity index (χ3n) is 4.92. The van der Waals surface area contributed by atoms with Crippen LogP contribution in [0.2, 0.25) is 0 Å². The van der Waals surface area contributed by atoms with Crippen LogP contribution in [0.4, 0.5) is 11.4 Å². The summed E-state index contributed by atoms with van der Waals surface area (Å²) in [6.45, 7) is 1.19. The minimum atomic E-state index is -3.19. The van der Waals surface area contributed by atoms with Crippen molar-refractivity contribution in [3.8, 4) is 0 Å². The number of anilines is 2. The molecule has 2 N–H and O–H groups in total. The summed E-state index contributed by atoms with van der Waals surface area (Å²) in [7, 11) is -3.19. The minimum absolute atomic E-state index is 0. The summed E-state index contributed by atoms with van der Waals surface area (Å²) in [6.07, 6.45) is 1.31. The molecule has 144 valence electrons. The zero-order chi connectivity index (χ0) is 18.1. The van der Waals surface area contributed by atoms with Crippen molar-refractivity contribution in [2.45, 2.75) is 25.4 Å². The zero-order valence-corrected chi connectivity index (χ0v) is 16.4. The maximum Gasteiger partial charge on any atom is 0.241 e. The summed E-state index contributed by atoms with van der Waals surface area (Å²) in [5, 5.41) is 6.17. The van der Waals surface area contributed by atoms with Gasteiger partial charge in [-0.05, 0) is 48.2 Å². The smallest absolute Gasteiger partial charge is 0.241 e. The van der Waals surface area contributed by atoms with E-state index in [0.717, 1.165) is 0 Å². The van der Waals surface area contributed by atoms with Gasteiger partial charge < -0.3 is 10.6 Å². The van der Waals surface area contributed by atoms with Crippen molar-refractivity contribution >= 4 is 39.7 Å². The molecule has 0 spiro atoms. The van der Waals surface area contributed by atoms with Gasteiger partial charge in [-0.1, -0.05) is 24.3 Å². The highest BCUT2D eigenvalue weighted by molar-refractivity contribution is 7.93. The molecule has 0 radical (unpaired) electrons. The quantitative estimate of drug-likeness (QED) is 0.818. The number of carbonyl (C=O) groups is 1. The Labute approximate surface area is 165 Å². The first-order valence-electron chi connectivity index (χ1n) is 8.74. The summed E-state index contributed by atoms with van der Waals surface area (Å²) >= 11 is 0. The van der Waals surface area contributed by atoms with Gasteiger partial charge >= 0.3 is 0 Å². The highest BCUT2D eigenvalue weighted by atomic mass is 35.5. The van der Waals surface area contributed by atoms with Crippen LogP contribution in [-0.4, -0.2) is 32.7 Å². The van der Waals surface area contributed by atoms with Gasteiger partial charge in [-0.2, -0.15) is 0 Å². The van der Waals surface area contributed by atoms with Gasteiger partial charge in [0.2, 0.25) is 15.9 Å². The lowest BCUT2D eigenvalue weighted by atomic mass is 9.95. The number of halogens is 1. The Hall–Kier alpha value is -2.09. The number of carbonyl (C=O) groups excluding carboxylic acids is 1. The lowest BCUT2D eigenvalue weighted by Crippen LogP contribution is -2.44. The van der Waals surface area contributed by atoms with E-state index in [4.69, 9.17) is 0 Å². The maximum atomic E-state index is 12.5. The second kappa shape index (κ2) is 7.88. The van der Waals surface area contributed by atoms with E-state index in [1.807, 2.05) is 12.1 Å². The Kier molecular flexibility index (Phi) is 5.74. The average molecular weight is 408 g/mol. The maximum absolute atomic E-state index is 12.5. The topological polar surface area (TPSA) is 78.5 Å². The summed E-state index contributed by atoms with van der Waals surface area (Å²) in [4.78, 5) is 12.5. The number of fused-ring (bicyclic) bond motifs is 1. The van der Waals surface area contributed by atoms with Crippen molar-refractivity contribution in [2.24, 2.45) is 0 Å². The first-order valence-corrected chi connectivity index (χ1v) is 10.4. The van der Waals surface area contributed by atoms with Crippen molar-refractivity contribution in [1.82, 2.24) is 5.32 Å². The highest BCUT2D eigenvalue weighted by Gasteiger charge is 2.28. The van der Waals surface area contributed by atoms with Crippen LogP contribution in [0.1, 0.15) is 17.5 Å². The molecule has 2 aliphatic heterocycles. The highest BCUT2D eigenvalue weighted by Crippen LogP contribution is 2.25. The first-order chi connectivity index (χ1) is 12.5. The first kappa shape index (κ1) is 19.7. The molecule has 0 aromatic heterocycles. The van der Waals surface area contributed by atoms with Gasteiger partial charge in [-0.15, -0.1) is 12.4 Å². The predicted molar refractivity (Wildman–Crippen MR) is 109 cm³/mol. The summed E-state index contributed by atoms with van der Waals surface area (Å²) in [5.74, 6) is 0.112. The van der Waals surface area contributed by atoms with E-state index in [2.05, 4.69) is 22.8 Å². The molecule has 4 rings (SSSR count). The molecular formula is C19H22ClN3O3S. The SMILES string of the molecule is Cl.O=C(Nc1ccc(N2CCCS2(=O)=O)cc1)C1Cc2ccccc2CN1. The predicted octanol–water partition coefficient (Wildman–Crippen LogP) is 2.30. The largest absolute Gasteiger partial charge is 0.325 e. The molecule has 1 atom stereocenters. The van der Waals surface area contributed by atoms with Gasteiger partial charge in [-0.3, -0.25) is 9.10 Å². The van der Waals surface area contributed by atoms with Gasteiger partial charge in [0, 0.05) is 18.8 Å². The minimum Gasteiger partial charge on any atom is -0.325 e. The number of amides is 1. The van der Waals surface area contributed by atoms with Gasteiger partial charge in [0.05, 0.1) is 17.5 Å². The molecule has 1 unspecified atom stereocenters. The Morgan fingerprint density at radius 1 is 1.07 bits per heavy atom. The second-order valence-electron chi connectivity index (χ2n) is 6.68. The van der Waals surface area contributed by atoms with Gasteiger partial charge in [0.15, 0.2) is 0 Å². The van der Waals surface area contributed by atoms with Crippen LogP contribution in [0.5, 0.6) is 0 Å². The molecular weight excluding hydrogens is 386 g/mol. The van der Waals surface area contributed by atoms with Crippen LogP contribution in [0, 0.1) is 0 Å². The average Bonchev–Trinajstić information content (AvgIpc) is 3.01. The van der Waals surface area contributed by atoms with Crippen LogP contribution in [0.25, 0.3) is 0 Å². The van der Waals surface area contributed by atoms with E-state index in [-0.39, 0.29) is 30.1 Å².